The van der Waals surface area contributed by atoms with E-state index in [1.807, 2.05) is 19.2 Å². The Kier molecular flexibility index (Phi) is 5.32. The molecule has 1 N–H and O–H groups in total. The third-order valence-corrected chi connectivity index (χ3v) is 9.04. The number of amides is 1. The lowest BCUT2D eigenvalue weighted by Gasteiger charge is -2.27. The zero-order valence-corrected chi connectivity index (χ0v) is 20.6. The Labute approximate surface area is 205 Å². The Balaban J connectivity index is 1.32. The molecule has 2 heterocycles. The summed E-state index contributed by atoms with van der Waals surface area (Å²) in [6, 6.07) is 10.5. The summed E-state index contributed by atoms with van der Waals surface area (Å²) in [6.45, 7) is 2.44. The SMILES string of the molecule is Cc1ccc2c(S(=O)(=O)NC(=O)C3(c4cc(C5CCC5)cnc4OCC4CC4)CC3)cccc2n1. The van der Waals surface area contributed by atoms with Gasteiger partial charge in [-0.05, 0) is 93.2 Å². The van der Waals surface area contributed by atoms with Crippen molar-refractivity contribution in [2.24, 2.45) is 5.92 Å². The van der Waals surface area contributed by atoms with Gasteiger partial charge in [0.1, 0.15) is 0 Å². The zero-order chi connectivity index (χ0) is 24.2. The number of aryl methyl sites for hydroxylation is 1. The van der Waals surface area contributed by atoms with Gasteiger partial charge in [-0.25, -0.2) is 18.1 Å². The second kappa shape index (κ2) is 8.29. The van der Waals surface area contributed by atoms with Crippen LogP contribution in [0.2, 0.25) is 0 Å². The number of carbonyl (C=O) groups is 1. The zero-order valence-electron chi connectivity index (χ0n) is 19.8. The molecule has 0 aliphatic heterocycles. The van der Waals surface area contributed by atoms with Crippen LogP contribution >= 0.6 is 0 Å². The molecule has 2 aromatic heterocycles. The van der Waals surface area contributed by atoms with E-state index < -0.39 is 21.3 Å². The maximum Gasteiger partial charge on any atom is 0.264 e. The van der Waals surface area contributed by atoms with Crippen LogP contribution in [0.3, 0.4) is 0 Å². The van der Waals surface area contributed by atoms with E-state index in [1.54, 1.807) is 24.3 Å². The number of hydrogen-bond acceptors (Lipinski definition) is 6. The van der Waals surface area contributed by atoms with Crippen LogP contribution in [0.25, 0.3) is 10.9 Å². The average Bonchev–Trinajstić information content (AvgIpc) is 3.71. The second-order valence-corrected chi connectivity index (χ2v) is 11.9. The number of fused-ring (bicyclic) bond motifs is 1. The van der Waals surface area contributed by atoms with Crippen molar-refractivity contribution in [2.75, 3.05) is 6.61 Å². The molecule has 0 radical (unpaired) electrons. The molecule has 1 aromatic carbocycles. The Morgan fingerprint density at radius 1 is 1.14 bits per heavy atom. The van der Waals surface area contributed by atoms with E-state index in [4.69, 9.17) is 4.74 Å². The molecule has 182 valence electrons. The lowest BCUT2D eigenvalue weighted by molar-refractivity contribution is -0.121. The number of carbonyl (C=O) groups excluding carboxylic acids is 1. The van der Waals surface area contributed by atoms with Crippen molar-refractivity contribution < 1.29 is 17.9 Å². The van der Waals surface area contributed by atoms with Crippen molar-refractivity contribution in [1.29, 1.82) is 0 Å². The van der Waals surface area contributed by atoms with E-state index in [9.17, 15) is 13.2 Å². The van der Waals surface area contributed by atoms with Crippen LogP contribution in [0.1, 0.15) is 67.7 Å². The number of sulfonamides is 1. The number of nitrogens with one attached hydrogen (secondary N) is 1. The summed E-state index contributed by atoms with van der Waals surface area (Å²) in [5.41, 5.74) is 2.28. The molecule has 0 atom stereocenters. The highest BCUT2D eigenvalue weighted by molar-refractivity contribution is 7.90. The summed E-state index contributed by atoms with van der Waals surface area (Å²) in [5, 5.41) is 0.491. The van der Waals surface area contributed by atoms with Gasteiger partial charge in [-0.15, -0.1) is 0 Å². The molecule has 35 heavy (non-hydrogen) atoms. The molecular formula is C27H29N3O4S. The highest BCUT2D eigenvalue weighted by atomic mass is 32.2. The van der Waals surface area contributed by atoms with Crippen LogP contribution in [0.15, 0.2) is 47.5 Å². The lowest BCUT2D eigenvalue weighted by Crippen LogP contribution is -2.39. The molecule has 7 nitrogen and oxygen atoms in total. The normalized spacial score (nSPS) is 19.2. The van der Waals surface area contributed by atoms with Gasteiger partial charge in [0.05, 0.1) is 22.4 Å². The molecule has 3 aliphatic carbocycles. The fraction of sp³-hybridized carbons (Fsp3) is 0.444. The van der Waals surface area contributed by atoms with Gasteiger partial charge >= 0.3 is 0 Å². The second-order valence-electron chi connectivity index (χ2n) is 10.3. The van der Waals surface area contributed by atoms with Crippen molar-refractivity contribution in [3.63, 3.8) is 0 Å². The van der Waals surface area contributed by atoms with Crippen molar-refractivity contribution in [3.8, 4) is 5.88 Å². The first kappa shape index (κ1) is 22.5. The van der Waals surface area contributed by atoms with Crippen LogP contribution < -0.4 is 9.46 Å². The smallest absolute Gasteiger partial charge is 0.264 e. The predicted octanol–water partition coefficient (Wildman–Crippen LogP) is 4.53. The first-order chi connectivity index (χ1) is 16.9. The van der Waals surface area contributed by atoms with E-state index in [-0.39, 0.29) is 4.90 Å². The Morgan fingerprint density at radius 3 is 2.63 bits per heavy atom. The first-order valence-corrected chi connectivity index (χ1v) is 13.9. The number of pyridine rings is 2. The van der Waals surface area contributed by atoms with E-state index in [0.29, 0.717) is 48.1 Å². The highest BCUT2D eigenvalue weighted by Crippen LogP contribution is 2.52. The van der Waals surface area contributed by atoms with Crippen molar-refractivity contribution in [1.82, 2.24) is 14.7 Å². The molecule has 0 unspecified atom stereocenters. The largest absolute Gasteiger partial charge is 0.477 e. The molecule has 8 heteroatoms. The van der Waals surface area contributed by atoms with Gasteiger partial charge in [0, 0.05) is 22.8 Å². The summed E-state index contributed by atoms with van der Waals surface area (Å²) in [6.07, 6.45) is 8.74. The van der Waals surface area contributed by atoms with Gasteiger partial charge < -0.3 is 4.74 Å². The van der Waals surface area contributed by atoms with Gasteiger partial charge in [0.15, 0.2) is 0 Å². The van der Waals surface area contributed by atoms with Gasteiger partial charge in [0.25, 0.3) is 10.0 Å². The Hall–Kier alpha value is -3.00. The Bertz CT molecular complexity index is 1420. The summed E-state index contributed by atoms with van der Waals surface area (Å²) >= 11 is 0. The van der Waals surface area contributed by atoms with E-state index >= 15 is 0 Å². The van der Waals surface area contributed by atoms with Gasteiger partial charge in [-0.3, -0.25) is 9.78 Å². The monoisotopic (exact) mass is 491 g/mol. The summed E-state index contributed by atoms with van der Waals surface area (Å²) in [7, 11) is -4.10. The quantitative estimate of drug-likeness (QED) is 0.497. The third-order valence-electron chi connectivity index (χ3n) is 7.65. The highest BCUT2D eigenvalue weighted by Gasteiger charge is 2.55. The maximum absolute atomic E-state index is 13.6. The number of aromatic nitrogens is 2. The minimum Gasteiger partial charge on any atom is -0.477 e. The number of hydrogen-bond donors (Lipinski definition) is 1. The molecule has 3 saturated carbocycles. The minimum absolute atomic E-state index is 0.0539. The minimum atomic E-state index is -4.10. The van der Waals surface area contributed by atoms with Crippen LogP contribution in [-0.4, -0.2) is 30.9 Å². The van der Waals surface area contributed by atoms with Crippen molar-refractivity contribution >= 4 is 26.8 Å². The van der Waals surface area contributed by atoms with Gasteiger partial charge in [-0.2, -0.15) is 0 Å². The molecule has 0 saturated heterocycles. The summed E-state index contributed by atoms with van der Waals surface area (Å²) in [5.74, 6) is 0.949. The third kappa shape index (κ3) is 4.18. The van der Waals surface area contributed by atoms with Gasteiger partial charge in [-0.1, -0.05) is 12.5 Å². The standard InChI is InChI=1S/C27H29N3O4S/c1-17-8-11-21-23(29-17)6-3-7-24(21)35(32,33)30-26(31)27(12-13-27)22-14-20(19-4-2-5-19)15-28-25(22)34-16-18-9-10-18/h3,6-8,11,14-15,18-19H,2,4-5,9-10,12-13,16H2,1H3,(H,30,31). The fourth-order valence-electron chi connectivity index (χ4n) is 4.85. The predicted molar refractivity (Wildman–Crippen MR) is 132 cm³/mol. The number of ether oxygens (including phenoxy) is 1. The fourth-order valence-corrected chi connectivity index (χ4v) is 6.12. The van der Waals surface area contributed by atoms with E-state index in [2.05, 4.69) is 14.7 Å². The van der Waals surface area contributed by atoms with E-state index in [1.165, 1.54) is 12.5 Å². The maximum atomic E-state index is 13.6. The van der Waals surface area contributed by atoms with Crippen LogP contribution in [0.5, 0.6) is 5.88 Å². The molecule has 6 rings (SSSR count). The number of benzene rings is 1. The molecule has 0 spiro atoms. The average molecular weight is 492 g/mol. The van der Waals surface area contributed by atoms with Crippen molar-refractivity contribution in [2.45, 2.75) is 68.1 Å². The molecule has 1 amide bonds. The van der Waals surface area contributed by atoms with Gasteiger partial charge in [0.2, 0.25) is 11.8 Å². The molecule has 0 bridgehead atoms. The summed E-state index contributed by atoms with van der Waals surface area (Å²) in [4.78, 5) is 22.7. The summed E-state index contributed by atoms with van der Waals surface area (Å²) < 4.78 is 35.2. The first-order valence-electron chi connectivity index (χ1n) is 12.4. The van der Waals surface area contributed by atoms with Crippen LogP contribution in [-0.2, 0) is 20.2 Å². The topological polar surface area (TPSA) is 98.2 Å². The van der Waals surface area contributed by atoms with Crippen LogP contribution in [0.4, 0.5) is 0 Å². The van der Waals surface area contributed by atoms with Crippen molar-refractivity contribution in [3.05, 3.63) is 59.4 Å². The molecule has 3 aromatic rings. The molecule has 3 aliphatic rings. The molecular weight excluding hydrogens is 462 g/mol. The number of rotatable bonds is 8. The molecule has 3 fully saturated rings. The lowest BCUT2D eigenvalue weighted by atomic mass is 9.79. The van der Waals surface area contributed by atoms with E-state index in [0.717, 1.165) is 42.5 Å². The Morgan fingerprint density at radius 2 is 1.94 bits per heavy atom. The van der Waals surface area contributed by atoms with Crippen LogP contribution in [0, 0.1) is 12.8 Å². The number of nitrogens with zero attached hydrogens (tertiary/aromatic N) is 2.